The maximum absolute atomic E-state index is 12.7. The molecule has 24 heavy (non-hydrogen) atoms. The highest BCUT2D eigenvalue weighted by atomic mass is 16.6. The van der Waals surface area contributed by atoms with E-state index in [0.717, 1.165) is 12.0 Å². The Morgan fingerprint density at radius 1 is 1.33 bits per heavy atom. The van der Waals surface area contributed by atoms with E-state index in [1.54, 1.807) is 4.90 Å². The number of aryl methyl sites for hydroxylation is 1. The lowest BCUT2D eigenvalue weighted by Gasteiger charge is -2.36. The lowest BCUT2D eigenvalue weighted by Crippen LogP contribution is -2.48. The molecule has 2 aromatic rings. The van der Waals surface area contributed by atoms with E-state index in [1.165, 1.54) is 17.7 Å². The van der Waals surface area contributed by atoms with E-state index in [-0.39, 0.29) is 17.7 Å². The number of hydrogen-bond donors (Lipinski definition) is 1. The molecule has 7 nitrogen and oxygen atoms in total. The molecule has 1 aliphatic heterocycles. The lowest BCUT2D eigenvalue weighted by molar-refractivity contribution is -0.402. The number of hydrogen-bond acceptors (Lipinski definition) is 5. The van der Waals surface area contributed by atoms with Crippen LogP contribution in [0.25, 0.3) is 0 Å². The minimum Gasteiger partial charge on any atom is -0.395 e. The van der Waals surface area contributed by atoms with Crippen molar-refractivity contribution in [2.45, 2.75) is 19.4 Å². The number of piperazine rings is 1. The van der Waals surface area contributed by atoms with E-state index in [1.807, 2.05) is 12.1 Å². The Labute approximate surface area is 139 Å². The van der Waals surface area contributed by atoms with Crippen LogP contribution in [0.4, 0.5) is 5.88 Å². The first-order valence-electron chi connectivity index (χ1n) is 7.95. The van der Waals surface area contributed by atoms with Crippen LogP contribution in [0.5, 0.6) is 0 Å². The van der Waals surface area contributed by atoms with E-state index in [9.17, 15) is 14.9 Å². The highest BCUT2D eigenvalue weighted by Crippen LogP contribution is 2.26. The third-order valence-corrected chi connectivity index (χ3v) is 4.26. The summed E-state index contributed by atoms with van der Waals surface area (Å²) in [5, 5.41) is 14.0. The Hall–Kier alpha value is -2.67. The van der Waals surface area contributed by atoms with Gasteiger partial charge in [-0.25, -0.2) is 0 Å². The number of amides is 1. The van der Waals surface area contributed by atoms with Crippen LogP contribution in [-0.4, -0.2) is 35.4 Å². The van der Waals surface area contributed by atoms with Crippen LogP contribution in [0.15, 0.2) is 40.8 Å². The maximum Gasteiger partial charge on any atom is 0.433 e. The lowest BCUT2D eigenvalue weighted by atomic mass is 10.0. The van der Waals surface area contributed by atoms with Crippen LogP contribution in [0.3, 0.4) is 0 Å². The van der Waals surface area contributed by atoms with Crippen LogP contribution in [-0.2, 0) is 6.42 Å². The Morgan fingerprint density at radius 3 is 2.71 bits per heavy atom. The summed E-state index contributed by atoms with van der Waals surface area (Å²) in [6, 6.07) is 10.6. The Bertz CT molecular complexity index is 739. The SMILES string of the molecule is CCc1ccc(C2CNCCN2C(=O)c2ccc([N+](=O)[O-])o2)cc1. The summed E-state index contributed by atoms with van der Waals surface area (Å²) >= 11 is 0. The Morgan fingerprint density at radius 2 is 2.08 bits per heavy atom. The first-order valence-corrected chi connectivity index (χ1v) is 7.95. The Balaban J connectivity index is 1.85. The van der Waals surface area contributed by atoms with Crippen molar-refractivity contribution in [1.29, 1.82) is 0 Å². The van der Waals surface area contributed by atoms with Gasteiger partial charge in [0.05, 0.1) is 12.1 Å². The number of rotatable bonds is 4. The molecule has 0 spiro atoms. The normalized spacial score (nSPS) is 17.7. The van der Waals surface area contributed by atoms with Crippen molar-refractivity contribution in [3.8, 4) is 0 Å². The summed E-state index contributed by atoms with van der Waals surface area (Å²) in [7, 11) is 0. The average molecular weight is 329 g/mol. The molecule has 1 N–H and O–H groups in total. The molecule has 1 fully saturated rings. The number of benzene rings is 1. The fraction of sp³-hybridized carbons (Fsp3) is 0.353. The molecule has 0 bridgehead atoms. The highest BCUT2D eigenvalue weighted by Gasteiger charge is 2.31. The number of nitro groups is 1. The molecular formula is C17H19N3O4. The van der Waals surface area contributed by atoms with Gasteiger partial charge >= 0.3 is 5.88 Å². The van der Waals surface area contributed by atoms with Gasteiger partial charge in [0.25, 0.3) is 5.91 Å². The number of nitrogens with one attached hydrogen (secondary N) is 1. The summed E-state index contributed by atoms with van der Waals surface area (Å²) in [4.78, 5) is 24.5. The maximum atomic E-state index is 12.7. The smallest absolute Gasteiger partial charge is 0.395 e. The molecule has 0 radical (unpaired) electrons. The van der Waals surface area contributed by atoms with Crippen molar-refractivity contribution < 1.29 is 14.1 Å². The van der Waals surface area contributed by atoms with E-state index in [2.05, 4.69) is 24.4 Å². The number of carbonyl (C=O) groups is 1. The zero-order chi connectivity index (χ0) is 17.1. The van der Waals surface area contributed by atoms with E-state index >= 15 is 0 Å². The number of nitrogens with zero attached hydrogens (tertiary/aromatic N) is 2. The van der Waals surface area contributed by atoms with Gasteiger partial charge in [0.2, 0.25) is 0 Å². The van der Waals surface area contributed by atoms with Gasteiger partial charge in [-0.05, 0) is 23.6 Å². The molecule has 1 aromatic carbocycles. The molecule has 126 valence electrons. The zero-order valence-corrected chi connectivity index (χ0v) is 13.4. The summed E-state index contributed by atoms with van der Waals surface area (Å²) in [6.07, 6.45) is 0.960. The summed E-state index contributed by atoms with van der Waals surface area (Å²) < 4.78 is 5.07. The molecular weight excluding hydrogens is 310 g/mol. The standard InChI is InChI=1S/C17H19N3O4/c1-2-12-3-5-13(6-4-12)14-11-18-9-10-19(14)17(21)15-7-8-16(24-15)20(22)23/h3-8,14,18H,2,9-11H2,1H3. The quantitative estimate of drug-likeness (QED) is 0.688. The van der Waals surface area contributed by atoms with Crippen molar-refractivity contribution in [3.05, 3.63) is 63.4 Å². The average Bonchev–Trinajstić information content (AvgIpc) is 3.12. The van der Waals surface area contributed by atoms with Crippen LogP contribution in [0.2, 0.25) is 0 Å². The monoisotopic (exact) mass is 329 g/mol. The minimum atomic E-state index is -0.643. The summed E-state index contributed by atoms with van der Waals surface area (Å²) in [5.74, 6) is -0.745. The molecule has 1 amide bonds. The van der Waals surface area contributed by atoms with Crippen LogP contribution in [0, 0.1) is 10.1 Å². The van der Waals surface area contributed by atoms with Gasteiger partial charge in [0.15, 0.2) is 5.76 Å². The molecule has 0 saturated carbocycles. The van der Waals surface area contributed by atoms with Gasteiger partial charge < -0.3 is 14.6 Å². The molecule has 1 unspecified atom stereocenters. The second-order valence-electron chi connectivity index (χ2n) is 5.71. The van der Waals surface area contributed by atoms with Crippen molar-refractivity contribution >= 4 is 11.8 Å². The predicted octanol–water partition coefficient (Wildman–Crippen LogP) is 2.54. The topological polar surface area (TPSA) is 88.6 Å². The van der Waals surface area contributed by atoms with E-state index in [0.29, 0.717) is 19.6 Å². The zero-order valence-electron chi connectivity index (χ0n) is 13.4. The largest absolute Gasteiger partial charge is 0.433 e. The van der Waals surface area contributed by atoms with E-state index < -0.39 is 10.8 Å². The van der Waals surface area contributed by atoms with Gasteiger partial charge in [-0.1, -0.05) is 31.2 Å². The number of carbonyl (C=O) groups excluding carboxylic acids is 1. The minimum absolute atomic E-state index is 0.00113. The van der Waals surface area contributed by atoms with Gasteiger partial charge in [-0.15, -0.1) is 0 Å². The van der Waals surface area contributed by atoms with Crippen molar-refractivity contribution in [2.24, 2.45) is 0 Å². The summed E-state index contributed by atoms with van der Waals surface area (Å²) in [5.41, 5.74) is 2.27. The van der Waals surface area contributed by atoms with Gasteiger partial charge in [0, 0.05) is 19.6 Å². The first kappa shape index (κ1) is 16.2. The third-order valence-electron chi connectivity index (χ3n) is 4.26. The second-order valence-corrected chi connectivity index (χ2v) is 5.71. The van der Waals surface area contributed by atoms with Gasteiger partial charge in [-0.3, -0.25) is 14.9 Å². The predicted molar refractivity (Wildman–Crippen MR) is 87.8 cm³/mol. The molecule has 7 heteroatoms. The van der Waals surface area contributed by atoms with Crippen LogP contribution in [0.1, 0.15) is 34.6 Å². The van der Waals surface area contributed by atoms with Gasteiger partial charge in [-0.2, -0.15) is 0 Å². The number of furan rings is 1. The molecule has 1 aliphatic rings. The van der Waals surface area contributed by atoms with Crippen LogP contribution >= 0.6 is 0 Å². The molecule has 3 rings (SSSR count). The second kappa shape index (κ2) is 6.84. The molecule has 1 aromatic heterocycles. The summed E-state index contributed by atoms with van der Waals surface area (Å²) in [6.45, 7) is 3.93. The van der Waals surface area contributed by atoms with E-state index in [4.69, 9.17) is 4.42 Å². The fourth-order valence-corrected chi connectivity index (χ4v) is 2.90. The van der Waals surface area contributed by atoms with Crippen molar-refractivity contribution in [1.82, 2.24) is 10.2 Å². The van der Waals surface area contributed by atoms with Gasteiger partial charge in [0.1, 0.15) is 4.92 Å². The first-order chi connectivity index (χ1) is 11.6. The molecule has 1 saturated heterocycles. The van der Waals surface area contributed by atoms with Crippen molar-refractivity contribution in [3.63, 3.8) is 0 Å². The Kier molecular flexibility index (Phi) is 4.61. The molecule has 0 aliphatic carbocycles. The third kappa shape index (κ3) is 3.16. The highest BCUT2D eigenvalue weighted by molar-refractivity contribution is 5.92. The van der Waals surface area contributed by atoms with Crippen LogP contribution < -0.4 is 5.32 Å². The molecule has 1 atom stereocenters. The molecule has 2 heterocycles. The fourth-order valence-electron chi connectivity index (χ4n) is 2.90. The van der Waals surface area contributed by atoms with Crippen molar-refractivity contribution in [2.75, 3.05) is 19.6 Å².